The second-order valence-corrected chi connectivity index (χ2v) is 5.53. The third-order valence-corrected chi connectivity index (χ3v) is 3.81. The molecule has 2 N–H and O–H groups in total. The number of carbonyl (C=O) groups is 1. The summed E-state index contributed by atoms with van der Waals surface area (Å²) in [5.74, 6) is 0.396. The van der Waals surface area contributed by atoms with Crippen molar-refractivity contribution in [2.75, 3.05) is 0 Å². The van der Waals surface area contributed by atoms with Crippen LogP contribution in [-0.4, -0.2) is 17.2 Å². The van der Waals surface area contributed by atoms with E-state index in [-0.39, 0.29) is 6.04 Å². The van der Waals surface area contributed by atoms with Gasteiger partial charge in [-0.2, -0.15) is 0 Å². The molecule has 3 nitrogen and oxygen atoms in total. The van der Waals surface area contributed by atoms with Crippen LogP contribution in [0.3, 0.4) is 0 Å². The molecule has 1 saturated carbocycles. The van der Waals surface area contributed by atoms with Crippen LogP contribution in [0, 0.1) is 0 Å². The molecule has 5 heteroatoms. The van der Waals surface area contributed by atoms with Gasteiger partial charge < -0.3 is 10.4 Å². The lowest BCUT2D eigenvalue weighted by Gasteiger charge is -1.96. The molecule has 0 radical (unpaired) electrons. The van der Waals surface area contributed by atoms with Crippen LogP contribution in [0.1, 0.15) is 17.2 Å². The van der Waals surface area contributed by atoms with Crippen LogP contribution in [-0.2, 0) is 0 Å². The van der Waals surface area contributed by atoms with Gasteiger partial charge in [0.15, 0.2) is 0 Å². The van der Waals surface area contributed by atoms with E-state index in [1.54, 1.807) is 11.3 Å². The van der Waals surface area contributed by atoms with E-state index >= 15 is 0 Å². The van der Waals surface area contributed by atoms with Crippen LogP contribution >= 0.6 is 27.3 Å². The van der Waals surface area contributed by atoms with Gasteiger partial charge in [0.2, 0.25) is 0 Å². The molecule has 0 spiro atoms. The van der Waals surface area contributed by atoms with E-state index in [0.717, 1.165) is 10.2 Å². The quantitative estimate of drug-likeness (QED) is 0.860. The Hall–Kier alpha value is -0.550. The maximum absolute atomic E-state index is 10.3. The van der Waals surface area contributed by atoms with Gasteiger partial charge in [0.05, 0.1) is 3.79 Å². The molecule has 13 heavy (non-hydrogen) atoms. The molecule has 2 unspecified atom stereocenters. The van der Waals surface area contributed by atoms with E-state index in [1.165, 1.54) is 4.88 Å². The van der Waals surface area contributed by atoms with Crippen molar-refractivity contribution in [3.63, 3.8) is 0 Å². The highest BCUT2D eigenvalue weighted by Gasteiger charge is 2.40. The monoisotopic (exact) mass is 261 g/mol. The van der Waals surface area contributed by atoms with Crippen molar-refractivity contribution in [3.05, 3.63) is 20.8 Å². The second-order valence-electron chi connectivity index (χ2n) is 3.04. The smallest absolute Gasteiger partial charge is 0.404 e. The molecule has 1 aliphatic rings. The van der Waals surface area contributed by atoms with Crippen molar-refractivity contribution in [1.82, 2.24) is 5.32 Å². The number of thiophene rings is 1. The van der Waals surface area contributed by atoms with E-state index < -0.39 is 6.09 Å². The number of amides is 1. The zero-order valence-electron chi connectivity index (χ0n) is 6.66. The molecule has 1 aromatic heterocycles. The molecule has 1 amide bonds. The van der Waals surface area contributed by atoms with Gasteiger partial charge in [-0.1, -0.05) is 0 Å². The Balaban J connectivity index is 1.96. The van der Waals surface area contributed by atoms with Crippen molar-refractivity contribution in [1.29, 1.82) is 0 Å². The summed E-state index contributed by atoms with van der Waals surface area (Å²) in [5.41, 5.74) is 0. The maximum Gasteiger partial charge on any atom is 0.404 e. The molecule has 0 saturated heterocycles. The molecule has 70 valence electrons. The maximum atomic E-state index is 10.3. The van der Waals surface area contributed by atoms with Crippen molar-refractivity contribution in [2.24, 2.45) is 0 Å². The summed E-state index contributed by atoms with van der Waals surface area (Å²) in [5, 5.41) is 11.0. The lowest BCUT2D eigenvalue weighted by molar-refractivity contribution is 0.193. The summed E-state index contributed by atoms with van der Waals surface area (Å²) in [6, 6.07) is 4.17. The Kier molecular flexibility index (Phi) is 2.29. The first-order chi connectivity index (χ1) is 6.16. The molecular weight excluding hydrogens is 254 g/mol. The number of halogens is 1. The highest BCUT2D eigenvalue weighted by Crippen LogP contribution is 2.44. The van der Waals surface area contributed by atoms with Gasteiger partial charge >= 0.3 is 6.09 Å². The average molecular weight is 262 g/mol. The SMILES string of the molecule is O=C(O)NC1CC1c1ccc(Br)s1. The highest BCUT2D eigenvalue weighted by molar-refractivity contribution is 9.11. The largest absolute Gasteiger partial charge is 0.465 e. The minimum Gasteiger partial charge on any atom is -0.465 e. The summed E-state index contributed by atoms with van der Waals surface area (Å²) >= 11 is 5.05. The molecular formula is C8H8BrNO2S. The van der Waals surface area contributed by atoms with Crippen LogP contribution in [0.5, 0.6) is 0 Å². The summed E-state index contributed by atoms with van der Waals surface area (Å²) < 4.78 is 1.10. The molecule has 0 bridgehead atoms. The van der Waals surface area contributed by atoms with Gasteiger partial charge in [-0.3, -0.25) is 0 Å². The lowest BCUT2D eigenvalue weighted by atomic mass is 10.3. The number of hydrogen-bond acceptors (Lipinski definition) is 2. The Morgan fingerprint density at radius 3 is 3.00 bits per heavy atom. The Bertz CT molecular complexity index is 339. The van der Waals surface area contributed by atoms with Gasteiger partial charge in [0.1, 0.15) is 0 Å². The summed E-state index contributed by atoms with van der Waals surface area (Å²) in [6.45, 7) is 0. The van der Waals surface area contributed by atoms with E-state index in [0.29, 0.717) is 5.92 Å². The summed E-state index contributed by atoms with van der Waals surface area (Å²) in [7, 11) is 0. The Morgan fingerprint density at radius 1 is 1.69 bits per heavy atom. The molecule has 1 aromatic rings. The van der Waals surface area contributed by atoms with Crippen LogP contribution < -0.4 is 5.32 Å². The van der Waals surface area contributed by atoms with Gasteiger partial charge in [0, 0.05) is 16.8 Å². The van der Waals surface area contributed by atoms with Crippen molar-refractivity contribution in [3.8, 4) is 0 Å². The molecule has 0 aliphatic heterocycles. The first kappa shape index (κ1) is 9.02. The fourth-order valence-electron chi connectivity index (χ4n) is 1.36. The fraction of sp³-hybridized carbons (Fsp3) is 0.375. The number of hydrogen-bond donors (Lipinski definition) is 2. The van der Waals surface area contributed by atoms with E-state index in [2.05, 4.69) is 21.2 Å². The normalized spacial score (nSPS) is 25.6. The van der Waals surface area contributed by atoms with Crippen molar-refractivity contribution in [2.45, 2.75) is 18.4 Å². The predicted octanol–water partition coefficient (Wildman–Crippen LogP) is 2.63. The van der Waals surface area contributed by atoms with E-state index in [4.69, 9.17) is 5.11 Å². The summed E-state index contributed by atoms with van der Waals surface area (Å²) in [6.07, 6.45) is 0.00215. The lowest BCUT2D eigenvalue weighted by Crippen LogP contribution is -2.23. The topological polar surface area (TPSA) is 49.3 Å². The highest BCUT2D eigenvalue weighted by atomic mass is 79.9. The second kappa shape index (κ2) is 3.31. The fourth-order valence-corrected chi connectivity index (χ4v) is 2.96. The molecule has 2 atom stereocenters. The predicted molar refractivity (Wildman–Crippen MR) is 54.3 cm³/mol. The first-order valence-corrected chi connectivity index (χ1v) is 5.52. The standard InChI is InChI=1S/C8H8BrNO2S/c9-7-2-1-6(13-7)4-3-5(4)10-8(11)12/h1-2,4-5,10H,3H2,(H,11,12). The van der Waals surface area contributed by atoms with E-state index in [9.17, 15) is 4.79 Å². The zero-order valence-corrected chi connectivity index (χ0v) is 9.06. The number of carboxylic acid groups (broad SMARTS) is 1. The van der Waals surface area contributed by atoms with Gasteiger partial charge in [-0.15, -0.1) is 11.3 Å². The minimum absolute atomic E-state index is 0.128. The number of rotatable bonds is 2. The van der Waals surface area contributed by atoms with Crippen LogP contribution in [0.15, 0.2) is 15.9 Å². The Labute approximate surface area is 87.9 Å². The van der Waals surface area contributed by atoms with Crippen molar-refractivity contribution < 1.29 is 9.90 Å². The van der Waals surface area contributed by atoms with E-state index in [1.807, 2.05) is 12.1 Å². The van der Waals surface area contributed by atoms with Gasteiger partial charge in [-0.05, 0) is 34.5 Å². The van der Waals surface area contributed by atoms with Crippen molar-refractivity contribution >= 4 is 33.4 Å². The Morgan fingerprint density at radius 2 is 2.46 bits per heavy atom. The molecule has 1 fully saturated rings. The summed E-state index contributed by atoms with van der Waals surface area (Å²) in [4.78, 5) is 11.6. The molecule has 0 aromatic carbocycles. The average Bonchev–Trinajstić information content (AvgIpc) is 2.63. The van der Waals surface area contributed by atoms with Crippen LogP contribution in [0.25, 0.3) is 0 Å². The minimum atomic E-state index is -0.928. The zero-order chi connectivity index (χ0) is 9.42. The third-order valence-electron chi connectivity index (χ3n) is 2.06. The molecule has 2 rings (SSSR count). The van der Waals surface area contributed by atoms with Gasteiger partial charge in [-0.25, -0.2) is 4.79 Å². The molecule has 1 aliphatic carbocycles. The van der Waals surface area contributed by atoms with Crippen LogP contribution in [0.2, 0.25) is 0 Å². The van der Waals surface area contributed by atoms with Gasteiger partial charge in [0.25, 0.3) is 0 Å². The number of nitrogens with one attached hydrogen (secondary N) is 1. The van der Waals surface area contributed by atoms with Crippen LogP contribution in [0.4, 0.5) is 4.79 Å². The molecule has 1 heterocycles. The third kappa shape index (κ3) is 2.03. The first-order valence-electron chi connectivity index (χ1n) is 3.91.